The summed E-state index contributed by atoms with van der Waals surface area (Å²) in [5, 5.41) is 6.40. The number of nitrogens with one attached hydrogen (secondary N) is 2. The van der Waals surface area contributed by atoms with Crippen LogP contribution >= 0.6 is 0 Å². The van der Waals surface area contributed by atoms with Crippen molar-refractivity contribution >= 4 is 28.5 Å². The van der Waals surface area contributed by atoms with Gasteiger partial charge in [0.1, 0.15) is 11.5 Å². The van der Waals surface area contributed by atoms with Crippen LogP contribution in [0.3, 0.4) is 0 Å². The van der Waals surface area contributed by atoms with E-state index >= 15 is 0 Å². The molecule has 3 aromatic carbocycles. The molecule has 4 N–H and O–H groups in total. The van der Waals surface area contributed by atoms with Crippen molar-refractivity contribution < 1.29 is 14.3 Å². The molecule has 32 heavy (non-hydrogen) atoms. The minimum atomic E-state index is -0.716. The number of benzene rings is 3. The fourth-order valence-electron chi connectivity index (χ4n) is 3.44. The fourth-order valence-corrected chi connectivity index (χ4v) is 3.44. The zero-order valence-electron chi connectivity index (χ0n) is 17.2. The highest BCUT2D eigenvalue weighted by molar-refractivity contribution is 6.01. The first-order valence-electron chi connectivity index (χ1n) is 10.1. The SMILES string of the molecule is NC(=O)NC(CC(=O)Nc1cccc2ncccc12)c1cccc(Oc2ccccc2)c1. The third-order valence-electron chi connectivity index (χ3n) is 4.87. The van der Waals surface area contributed by atoms with E-state index in [1.54, 1.807) is 24.4 Å². The van der Waals surface area contributed by atoms with Crippen LogP contribution in [0.1, 0.15) is 18.0 Å². The second-order valence-electron chi connectivity index (χ2n) is 7.18. The molecule has 4 aromatic rings. The number of carbonyl (C=O) groups is 2. The highest BCUT2D eigenvalue weighted by atomic mass is 16.5. The van der Waals surface area contributed by atoms with Crippen molar-refractivity contribution in [3.63, 3.8) is 0 Å². The van der Waals surface area contributed by atoms with E-state index in [1.807, 2.05) is 66.7 Å². The average Bonchev–Trinajstić information content (AvgIpc) is 2.79. The summed E-state index contributed by atoms with van der Waals surface area (Å²) in [7, 11) is 0. The van der Waals surface area contributed by atoms with Gasteiger partial charge in [-0.05, 0) is 54.1 Å². The monoisotopic (exact) mass is 426 g/mol. The normalized spacial score (nSPS) is 11.5. The number of aromatic nitrogens is 1. The molecule has 0 saturated carbocycles. The Kier molecular flexibility index (Phi) is 6.27. The number of hydrogen-bond acceptors (Lipinski definition) is 4. The summed E-state index contributed by atoms with van der Waals surface area (Å²) in [6.45, 7) is 0. The van der Waals surface area contributed by atoms with E-state index in [9.17, 15) is 9.59 Å². The largest absolute Gasteiger partial charge is 0.457 e. The van der Waals surface area contributed by atoms with Crippen LogP contribution < -0.4 is 21.1 Å². The Hall–Kier alpha value is -4.39. The number of rotatable bonds is 7. The van der Waals surface area contributed by atoms with E-state index < -0.39 is 12.1 Å². The second kappa shape index (κ2) is 9.61. The van der Waals surface area contributed by atoms with Crippen molar-refractivity contribution in [2.45, 2.75) is 12.5 Å². The first-order valence-corrected chi connectivity index (χ1v) is 10.1. The fraction of sp³-hybridized carbons (Fsp3) is 0.0800. The molecule has 0 fully saturated rings. The number of nitrogens with zero attached hydrogens (tertiary/aromatic N) is 1. The molecule has 3 amide bonds. The van der Waals surface area contributed by atoms with Gasteiger partial charge >= 0.3 is 6.03 Å². The number of hydrogen-bond donors (Lipinski definition) is 3. The van der Waals surface area contributed by atoms with Gasteiger partial charge in [0.25, 0.3) is 0 Å². The Morgan fingerprint density at radius 3 is 2.50 bits per heavy atom. The Morgan fingerprint density at radius 1 is 0.906 bits per heavy atom. The van der Waals surface area contributed by atoms with Gasteiger partial charge in [0.05, 0.1) is 23.7 Å². The number of ether oxygens (including phenoxy) is 1. The van der Waals surface area contributed by atoms with E-state index in [0.29, 0.717) is 22.7 Å². The molecule has 0 saturated heterocycles. The number of nitrogens with two attached hydrogens (primary N) is 1. The third-order valence-corrected chi connectivity index (χ3v) is 4.87. The van der Waals surface area contributed by atoms with Gasteiger partial charge in [-0.25, -0.2) is 4.79 Å². The second-order valence-corrected chi connectivity index (χ2v) is 7.18. The molecule has 1 unspecified atom stereocenters. The Morgan fingerprint density at radius 2 is 1.69 bits per heavy atom. The van der Waals surface area contributed by atoms with Crippen molar-refractivity contribution in [2.24, 2.45) is 5.73 Å². The van der Waals surface area contributed by atoms with Crippen LogP contribution in [0.15, 0.2) is 91.1 Å². The molecule has 7 nitrogen and oxygen atoms in total. The van der Waals surface area contributed by atoms with Crippen LogP contribution in [-0.2, 0) is 4.79 Å². The molecule has 1 aromatic heterocycles. The number of pyridine rings is 1. The number of para-hydroxylation sites is 1. The van der Waals surface area contributed by atoms with Crippen molar-refractivity contribution in [3.8, 4) is 11.5 Å². The predicted molar refractivity (Wildman–Crippen MR) is 123 cm³/mol. The Balaban J connectivity index is 1.53. The lowest BCUT2D eigenvalue weighted by molar-refractivity contribution is -0.116. The maximum absolute atomic E-state index is 12.8. The van der Waals surface area contributed by atoms with Gasteiger partial charge < -0.3 is 21.1 Å². The quantitative estimate of drug-likeness (QED) is 0.396. The predicted octanol–water partition coefficient (Wildman–Crippen LogP) is 4.77. The van der Waals surface area contributed by atoms with Crippen molar-refractivity contribution in [3.05, 3.63) is 96.7 Å². The molecule has 0 aliphatic heterocycles. The summed E-state index contributed by atoms with van der Waals surface area (Å²) in [6, 6.07) is 24.4. The third kappa shape index (κ3) is 5.20. The van der Waals surface area contributed by atoms with E-state index in [4.69, 9.17) is 10.5 Å². The average molecular weight is 426 g/mol. The summed E-state index contributed by atoms with van der Waals surface area (Å²) in [5.74, 6) is 1.01. The van der Waals surface area contributed by atoms with Crippen LogP contribution in [0.5, 0.6) is 11.5 Å². The topological polar surface area (TPSA) is 106 Å². The van der Waals surface area contributed by atoms with Gasteiger partial charge in [0.2, 0.25) is 5.91 Å². The Labute approximate surface area is 185 Å². The van der Waals surface area contributed by atoms with Crippen LogP contribution in [0, 0.1) is 0 Å². The minimum absolute atomic E-state index is 0.00558. The van der Waals surface area contributed by atoms with E-state index in [0.717, 1.165) is 10.9 Å². The highest BCUT2D eigenvalue weighted by Crippen LogP contribution is 2.27. The molecule has 1 atom stereocenters. The molecule has 160 valence electrons. The van der Waals surface area contributed by atoms with E-state index in [1.165, 1.54) is 0 Å². The summed E-state index contributed by atoms with van der Waals surface area (Å²) in [6.07, 6.45) is 1.69. The summed E-state index contributed by atoms with van der Waals surface area (Å²) in [4.78, 5) is 28.8. The van der Waals surface area contributed by atoms with Gasteiger partial charge in [-0.1, -0.05) is 36.4 Å². The summed E-state index contributed by atoms with van der Waals surface area (Å²) < 4.78 is 5.87. The van der Waals surface area contributed by atoms with Gasteiger partial charge in [-0.15, -0.1) is 0 Å². The molecular weight excluding hydrogens is 404 g/mol. The molecule has 4 rings (SSSR count). The number of anilines is 1. The molecule has 0 aliphatic rings. The zero-order valence-corrected chi connectivity index (χ0v) is 17.2. The molecule has 7 heteroatoms. The number of urea groups is 1. The highest BCUT2D eigenvalue weighted by Gasteiger charge is 2.19. The van der Waals surface area contributed by atoms with Crippen LogP contribution in [-0.4, -0.2) is 16.9 Å². The number of carbonyl (C=O) groups excluding carboxylic acids is 2. The van der Waals surface area contributed by atoms with E-state index in [2.05, 4.69) is 15.6 Å². The van der Waals surface area contributed by atoms with Crippen LogP contribution in [0.25, 0.3) is 10.9 Å². The first kappa shape index (κ1) is 20.9. The molecular formula is C25H22N4O3. The summed E-state index contributed by atoms with van der Waals surface area (Å²) >= 11 is 0. The van der Waals surface area contributed by atoms with Crippen molar-refractivity contribution in [2.75, 3.05) is 5.32 Å². The van der Waals surface area contributed by atoms with Crippen LogP contribution in [0.4, 0.5) is 10.5 Å². The maximum atomic E-state index is 12.8. The lowest BCUT2D eigenvalue weighted by Gasteiger charge is -2.19. The van der Waals surface area contributed by atoms with Crippen molar-refractivity contribution in [1.29, 1.82) is 0 Å². The van der Waals surface area contributed by atoms with Gasteiger partial charge in [-0.2, -0.15) is 0 Å². The number of fused-ring (bicyclic) bond motifs is 1. The van der Waals surface area contributed by atoms with Gasteiger partial charge in [0, 0.05) is 11.6 Å². The molecule has 0 bridgehead atoms. The van der Waals surface area contributed by atoms with E-state index in [-0.39, 0.29) is 12.3 Å². The molecule has 0 aliphatic carbocycles. The number of primary amides is 1. The zero-order chi connectivity index (χ0) is 22.3. The Bertz CT molecular complexity index is 1240. The smallest absolute Gasteiger partial charge is 0.312 e. The standard InChI is InChI=1S/C25H22N4O3/c26-25(31)29-23(17-7-4-10-19(15-17)32-18-8-2-1-3-9-18)16-24(30)28-22-13-5-12-21-20(22)11-6-14-27-21/h1-15,23H,16H2,(H,28,30)(H3,26,29,31). The van der Waals surface area contributed by atoms with Crippen molar-refractivity contribution in [1.82, 2.24) is 10.3 Å². The minimum Gasteiger partial charge on any atom is -0.457 e. The molecule has 0 radical (unpaired) electrons. The lowest BCUT2D eigenvalue weighted by atomic mass is 10.0. The first-order chi connectivity index (χ1) is 15.6. The molecule has 0 spiro atoms. The summed E-state index contributed by atoms with van der Waals surface area (Å²) in [5.41, 5.74) is 7.51. The van der Waals surface area contributed by atoms with Gasteiger partial charge in [-0.3, -0.25) is 9.78 Å². The molecule has 1 heterocycles. The maximum Gasteiger partial charge on any atom is 0.312 e. The lowest BCUT2D eigenvalue weighted by Crippen LogP contribution is -2.35. The van der Waals surface area contributed by atoms with Crippen LogP contribution in [0.2, 0.25) is 0 Å². The number of amides is 3. The van der Waals surface area contributed by atoms with Gasteiger partial charge in [0.15, 0.2) is 0 Å².